The largest absolute Gasteiger partial charge is 0.491 e. The summed E-state index contributed by atoms with van der Waals surface area (Å²) in [6.07, 6.45) is 0. The fourth-order valence-electron chi connectivity index (χ4n) is 7.36. The molecule has 0 aliphatic carbocycles. The van der Waals surface area contributed by atoms with Gasteiger partial charge in [-0.25, -0.2) is 9.97 Å². The predicted octanol–water partition coefficient (Wildman–Crippen LogP) is 12.4. The van der Waals surface area contributed by atoms with E-state index in [1.54, 1.807) is 22.7 Å². The second-order valence-electron chi connectivity index (χ2n) is 15.6. The molecule has 0 aliphatic heterocycles. The van der Waals surface area contributed by atoms with E-state index >= 15 is 0 Å². The summed E-state index contributed by atoms with van der Waals surface area (Å²) in [5.74, 6) is 1.44. The molecule has 0 N–H and O–H groups in total. The van der Waals surface area contributed by atoms with Gasteiger partial charge in [0.1, 0.15) is 46.8 Å². The molecular formula is C52H54Br2N4O8S3. The van der Waals surface area contributed by atoms with Crippen LogP contribution >= 0.6 is 66.3 Å². The van der Waals surface area contributed by atoms with E-state index in [1.165, 1.54) is 22.2 Å². The molecule has 362 valence electrons. The maximum Gasteiger partial charge on any atom is 0.119 e. The van der Waals surface area contributed by atoms with Crippen LogP contribution in [0.2, 0.25) is 0 Å². The summed E-state index contributed by atoms with van der Waals surface area (Å²) in [4.78, 5) is 15.7. The lowest BCUT2D eigenvalue weighted by molar-refractivity contribution is 0.0119. The average molecular weight is 1120 g/mol. The van der Waals surface area contributed by atoms with Gasteiger partial charge in [0, 0.05) is 52.4 Å². The summed E-state index contributed by atoms with van der Waals surface area (Å²) >= 11 is 11.4. The first-order valence-electron chi connectivity index (χ1n) is 22.8. The van der Waals surface area contributed by atoms with Crippen molar-refractivity contribution in [2.45, 2.75) is 13.8 Å². The third-order valence-corrected chi connectivity index (χ3v) is 14.0. The van der Waals surface area contributed by atoms with Gasteiger partial charge in [0.25, 0.3) is 0 Å². The number of hydrogen-bond donors (Lipinski definition) is 0. The standard InChI is InChI=1S/C52H54Br2N4O8S3/c1-35-3-6-37(7-4-35)42-17-18-44(68-42)46-50-49(45(43-16-5-36(2)67-43)51-52(46)58-69-57-51)55-47(38-8-12-40(13-9-38)65-33-31-63-29-27-61-25-23-59-21-19-53)48(56-50)39-10-14-41(15-11-39)66-34-32-64-30-28-62-26-24-60-22-20-54/h3-18H,19-34H2,1-2H3. The van der Waals surface area contributed by atoms with Crippen LogP contribution in [-0.4, -0.2) is 122 Å². The van der Waals surface area contributed by atoms with Gasteiger partial charge in [-0.1, -0.05) is 61.7 Å². The molecule has 4 aromatic heterocycles. The fraction of sp³-hybridized carbons (Fsp3) is 0.346. The van der Waals surface area contributed by atoms with Gasteiger partial charge < -0.3 is 37.9 Å². The Morgan fingerprint density at radius 2 is 0.783 bits per heavy atom. The smallest absolute Gasteiger partial charge is 0.119 e. The predicted molar refractivity (Wildman–Crippen MR) is 286 cm³/mol. The summed E-state index contributed by atoms with van der Waals surface area (Å²) in [7, 11) is 0. The van der Waals surface area contributed by atoms with Crippen molar-refractivity contribution in [2.75, 3.05) is 103 Å². The quantitative estimate of drug-likeness (QED) is 0.0327. The van der Waals surface area contributed by atoms with Crippen molar-refractivity contribution in [3.05, 3.63) is 108 Å². The summed E-state index contributed by atoms with van der Waals surface area (Å²) in [6.45, 7) is 11.4. The topological polar surface area (TPSA) is 125 Å². The summed E-state index contributed by atoms with van der Waals surface area (Å²) in [5, 5.41) is 1.62. The number of rotatable bonds is 29. The minimum Gasteiger partial charge on any atom is -0.491 e. The van der Waals surface area contributed by atoms with Crippen LogP contribution in [0.15, 0.2) is 97.1 Å². The lowest BCUT2D eigenvalue weighted by Gasteiger charge is -2.16. The molecular weight excluding hydrogens is 1060 g/mol. The van der Waals surface area contributed by atoms with Crippen molar-refractivity contribution >= 4 is 88.3 Å². The first kappa shape index (κ1) is 51.1. The molecule has 12 nitrogen and oxygen atoms in total. The number of halogens is 2. The molecule has 0 atom stereocenters. The first-order chi connectivity index (χ1) is 34.0. The normalized spacial score (nSPS) is 11.6. The zero-order valence-corrected chi connectivity index (χ0v) is 44.2. The van der Waals surface area contributed by atoms with Crippen LogP contribution in [0, 0.1) is 13.8 Å². The van der Waals surface area contributed by atoms with Crippen molar-refractivity contribution < 1.29 is 37.9 Å². The summed E-state index contributed by atoms with van der Waals surface area (Å²) < 4.78 is 55.6. The third-order valence-electron chi connectivity index (χ3n) is 10.7. The second kappa shape index (κ2) is 26.8. The Morgan fingerprint density at radius 1 is 0.391 bits per heavy atom. The van der Waals surface area contributed by atoms with Crippen molar-refractivity contribution in [3.63, 3.8) is 0 Å². The Kier molecular flexibility index (Phi) is 19.9. The zero-order valence-electron chi connectivity index (χ0n) is 38.6. The Hall–Kier alpha value is -4.24. The van der Waals surface area contributed by atoms with Crippen molar-refractivity contribution in [1.29, 1.82) is 0 Å². The van der Waals surface area contributed by atoms with Crippen LogP contribution in [0.1, 0.15) is 10.4 Å². The number of fused-ring (bicyclic) bond motifs is 2. The zero-order chi connectivity index (χ0) is 47.6. The molecule has 0 saturated heterocycles. The maximum atomic E-state index is 6.10. The molecule has 0 bridgehead atoms. The van der Waals surface area contributed by atoms with Gasteiger partial charge in [-0.15, -0.1) is 22.7 Å². The average Bonchev–Trinajstić information content (AvgIpc) is 4.17. The molecule has 4 heterocycles. The molecule has 0 amide bonds. The molecule has 0 saturated carbocycles. The molecule has 0 fully saturated rings. The first-order valence-corrected chi connectivity index (χ1v) is 27.4. The number of ether oxygens (including phenoxy) is 8. The minimum atomic E-state index is 0.398. The minimum absolute atomic E-state index is 0.398. The Labute approximate surface area is 431 Å². The molecule has 8 rings (SSSR count). The molecule has 0 aliphatic rings. The number of benzene rings is 4. The number of alkyl halides is 2. The molecule has 0 unspecified atom stereocenters. The number of thiophene rings is 2. The van der Waals surface area contributed by atoms with E-state index in [0.717, 1.165) is 98.1 Å². The van der Waals surface area contributed by atoms with Gasteiger partial charge >= 0.3 is 0 Å². The van der Waals surface area contributed by atoms with E-state index in [1.807, 2.05) is 48.5 Å². The van der Waals surface area contributed by atoms with Crippen LogP contribution in [0.5, 0.6) is 11.5 Å². The van der Waals surface area contributed by atoms with E-state index < -0.39 is 0 Å². The van der Waals surface area contributed by atoms with Gasteiger partial charge in [-0.2, -0.15) is 8.75 Å². The van der Waals surface area contributed by atoms with Gasteiger partial charge in [0.05, 0.1) is 102 Å². The van der Waals surface area contributed by atoms with E-state index in [9.17, 15) is 0 Å². The van der Waals surface area contributed by atoms with Crippen LogP contribution in [-0.2, 0) is 28.4 Å². The number of hydrogen-bond acceptors (Lipinski definition) is 15. The molecule has 4 aromatic carbocycles. The monoisotopic (exact) mass is 1120 g/mol. The number of aryl methyl sites for hydroxylation is 2. The Bertz CT molecular complexity index is 2820. The lowest BCUT2D eigenvalue weighted by atomic mass is 9.99. The summed E-state index contributed by atoms with van der Waals surface area (Å²) in [5.41, 5.74) is 10.6. The highest BCUT2D eigenvalue weighted by Gasteiger charge is 2.26. The number of aromatic nitrogens is 4. The highest BCUT2D eigenvalue weighted by atomic mass is 79.9. The van der Waals surface area contributed by atoms with E-state index in [4.69, 9.17) is 56.6 Å². The Morgan fingerprint density at radius 3 is 1.22 bits per heavy atom. The van der Waals surface area contributed by atoms with Gasteiger partial charge in [-0.3, -0.25) is 0 Å². The van der Waals surface area contributed by atoms with Crippen LogP contribution in [0.3, 0.4) is 0 Å². The van der Waals surface area contributed by atoms with E-state index in [-0.39, 0.29) is 0 Å². The van der Waals surface area contributed by atoms with Crippen molar-refractivity contribution in [2.24, 2.45) is 0 Å². The SMILES string of the molecule is Cc1ccc(-c2ccc(-c3c4nsnc4c(-c4ccc(C)s4)c4nc(-c5ccc(OCCOCCOCCOCCBr)cc5)c(-c5ccc(OCCOCCOCCOCCBr)cc5)nc34)s2)cc1. The molecule has 17 heteroatoms. The highest BCUT2D eigenvalue weighted by molar-refractivity contribution is 9.09. The van der Waals surface area contributed by atoms with Gasteiger partial charge in [0.2, 0.25) is 0 Å². The lowest BCUT2D eigenvalue weighted by Crippen LogP contribution is -2.13. The Balaban J connectivity index is 1.09. The third kappa shape index (κ3) is 14.0. The number of nitrogens with zero attached hydrogens (tertiary/aromatic N) is 4. The highest BCUT2D eigenvalue weighted by Crippen LogP contribution is 2.47. The molecule has 8 aromatic rings. The molecule has 0 spiro atoms. The molecule has 69 heavy (non-hydrogen) atoms. The second-order valence-corrected chi connectivity index (χ2v) is 20.1. The fourth-order valence-corrected chi connectivity index (χ4v) is 10.3. The maximum absolute atomic E-state index is 6.10. The van der Waals surface area contributed by atoms with Gasteiger partial charge in [0.15, 0.2) is 0 Å². The van der Waals surface area contributed by atoms with Crippen LogP contribution in [0.4, 0.5) is 0 Å². The van der Waals surface area contributed by atoms with Crippen molar-refractivity contribution in [3.8, 4) is 65.3 Å². The van der Waals surface area contributed by atoms with Crippen LogP contribution in [0.25, 0.3) is 75.9 Å². The molecule has 0 radical (unpaired) electrons. The van der Waals surface area contributed by atoms with Crippen molar-refractivity contribution in [1.82, 2.24) is 18.7 Å². The van der Waals surface area contributed by atoms with E-state index in [2.05, 4.69) is 94.2 Å². The summed E-state index contributed by atoms with van der Waals surface area (Å²) in [6, 6.07) is 33.3. The van der Waals surface area contributed by atoms with E-state index in [0.29, 0.717) is 92.5 Å². The van der Waals surface area contributed by atoms with Gasteiger partial charge in [-0.05, 0) is 92.2 Å². The van der Waals surface area contributed by atoms with Crippen LogP contribution < -0.4 is 9.47 Å².